The van der Waals surface area contributed by atoms with Crippen LogP contribution in [-0.4, -0.2) is 25.3 Å². The van der Waals surface area contributed by atoms with E-state index in [-0.39, 0.29) is 0 Å². The highest BCUT2D eigenvalue weighted by Gasteiger charge is 2.28. The molecule has 0 aliphatic rings. The first-order chi connectivity index (χ1) is 8.31. The van der Waals surface area contributed by atoms with E-state index in [1.807, 2.05) is 19.1 Å². The maximum atomic E-state index is 11.1. The lowest BCUT2D eigenvalue weighted by atomic mass is 9.85. The quantitative estimate of drug-likeness (QED) is 0.875. The molecule has 0 bridgehead atoms. The van der Waals surface area contributed by atoms with Gasteiger partial charge in [-0.2, -0.15) is 0 Å². The van der Waals surface area contributed by atoms with Crippen molar-refractivity contribution in [2.24, 2.45) is 5.41 Å². The van der Waals surface area contributed by atoms with E-state index in [9.17, 15) is 4.79 Å². The van der Waals surface area contributed by atoms with E-state index in [0.29, 0.717) is 17.9 Å². The fourth-order valence-corrected chi connectivity index (χ4v) is 1.83. The monoisotopic (exact) mass is 252 g/mol. The first-order valence-corrected chi connectivity index (χ1v) is 5.76. The Kier molecular flexibility index (Phi) is 4.22. The summed E-state index contributed by atoms with van der Waals surface area (Å²) in [5.41, 5.74) is 0.990. The van der Waals surface area contributed by atoms with Crippen molar-refractivity contribution in [2.45, 2.75) is 27.2 Å². The Morgan fingerprint density at radius 2 is 1.67 bits per heavy atom. The highest BCUT2D eigenvalue weighted by atomic mass is 16.5. The standard InChI is InChI=1S/C14H20O4/c1-9-11(17-4)6-10(7-12(9)18-5)8-14(2,3)13(15)16/h6-7H,8H2,1-5H3,(H,15,16). The van der Waals surface area contributed by atoms with Gasteiger partial charge >= 0.3 is 5.97 Å². The minimum atomic E-state index is -0.819. The third-order valence-corrected chi connectivity index (χ3v) is 3.04. The van der Waals surface area contributed by atoms with Crippen LogP contribution in [-0.2, 0) is 11.2 Å². The van der Waals surface area contributed by atoms with E-state index >= 15 is 0 Å². The van der Waals surface area contributed by atoms with Gasteiger partial charge in [-0.1, -0.05) is 0 Å². The van der Waals surface area contributed by atoms with Crippen LogP contribution in [0.25, 0.3) is 0 Å². The van der Waals surface area contributed by atoms with E-state index in [4.69, 9.17) is 14.6 Å². The van der Waals surface area contributed by atoms with Crippen LogP contribution < -0.4 is 9.47 Å². The molecule has 0 spiro atoms. The first kappa shape index (κ1) is 14.4. The number of benzene rings is 1. The molecule has 100 valence electrons. The molecule has 0 aromatic heterocycles. The largest absolute Gasteiger partial charge is 0.496 e. The minimum Gasteiger partial charge on any atom is -0.496 e. The Hall–Kier alpha value is -1.71. The predicted octanol–water partition coefficient (Wildman–Crippen LogP) is 2.67. The van der Waals surface area contributed by atoms with Crippen molar-refractivity contribution in [1.29, 1.82) is 0 Å². The van der Waals surface area contributed by atoms with Crippen molar-refractivity contribution >= 4 is 5.97 Å². The minimum absolute atomic E-state index is 0.426. The van der Waals surface area contributed by atoms with Crippen LogP contribution in [0.3, 0.4) is 0 Å². The fourth-order valence-electron chi connectivity index (χ4n) is 1.83. The molecule has 0 fully saturated rings. The molecule has 0 radical (unpaired) electrons. The SMILES string of the molecule is COc1cc(CC(C)(C)C(=O)O)cc(OC)c1C. The van der Waals surface area contributed by atoms with Gasteiger partial charge < -0.3 is 14.6 Å². The van der Waals surface area contributed by atoms with Crippen molar-refractivity contribution in [3.8, 4) is 11.5 Å². The van der Waals surface area contributed by atoms with Gasteiger partial charge in [-0.25, -0.2) is 0 Å². The number of carboxylic acids is 1. The molecule has 0 heterocycles. The zero-order valence-electron chi connectivity index (χ0n) is 11.5. The van der Waals surface area contributed by atoms with Gasteiger partial charge in [0.15, 0.2) is 0 Å². The molecule has 0 unspecified atom stereocenters. The molecule has 0 saturated heterocycles. The number of aliphatic carboxylic acids is 1. The topological polar surface area (TPSA) is 55.8 Å². The van der Waals surface area contributed by atoms with E-state index in [0.717, 1.165) is 11.1 Å². The number of carbonyl (C=O) groups is 1. The normalized spacial score (nSPS) is 11.2. The predicted molar refractivity (Wildman–Crippen MR) is 69.4 cm³/mol. The second-order valence-corrected chi connectivity index (χ2v) is 4.99. The van der Waals surface area contributed by atoms with Gasteiger partial charge in [0.1, 0.15) is 11.5 Å². The summed E-state index contributed by atoms with van der Waals surface area (Å²) in [5.74, 6) is 0.608. The Labute approximate surface area is 108 Å². The molecule has 0 saturated carbocycles. The summed E-state index contributed by atoms with van der Waals surface area (Å²) in [6.07, 6.45) is 0.426. The molecule has 4 heteroatoms. The van der Waals surface area contributed by atoms with Crippen molar-refractivity contribution < 1.29 is 19.4 Å². The maximum absolute atomic E-state index is 11.1. The zero-order valence-corrected chi connectivity index (χ0v) is 11.5. The van der Waals surface area contributed by atoms with Crippen LogP contribution >= 0.6 is 0 Å². The Balaban J connectivity index is 3.15. The van der Waals surface area contributed by atoms with E-state index in [2.05, 4.69) is 0 Å². The van der Waals surface area contributed by atoms with E-state index < -0.39 is 11.4 Å². The maximum Gasteiger partial charge on any atom is 0.309 e. The van der Waals surface area contributed by atoms with Crippen molar-refractivity contribution in [3.05, 3.63) is 23.3 Å². The Bertz CT molecular complexity index is 424. The van der Waals surface area contributed by atoms with Gasteiger partial charge in [0.05, 0.1) is 19.6 Å². The van der Waals surface area contributed by atoms with Gasteiger partial charge in [0, 0.05) is 5.56 Å². The Morgan fingerprint density at radius 1 is 1.22 bits per heavy atom. The zero-order chi connectivity index (χ0) is 13.9. The molecule has 0 aliphatic heterocycles. The molecule has 1 aromatic rings. The van der Waals surface area contributed by atoms with Crippen molar-refractivity contribution in [2.75, 3.05) is 14.2 Å². The fraction of sp³-hybridized carbons (Fsp3) is 0.500. The number of methoxy groups -OCH3 is 2. The number of carboxylic acid groups (broad SMARTS) is 1. The summed E-state index contributed by atoms with van der Waals surface area (Å²) in [4.78, 5) is 11.1. The molecule has 0 atom stereocenters. The number of rotatable bonds is 5. The lowest BCUT2D eigenvalue weighted by Gasteiger charge is -2.20. The number of hydrogen-bond acceptors (Lipinski definition) is 3. The summed E-state index contributed by atoms with van der Waals surface area (Å²) in [6, 6.07) is 3.73. The smallest absolute Gasteiger partial charge is 0.309 e. The summed E-state index contributed by atoms with van der Waals surface area (Å²) < 4.78 is 10.6. The lowest BCUT2D eigenvalue weighted by Crippen LogP contribution is -2.26. The average molecular weight is 252 g/mol. The lowest BCUT2D eigenvalue weighted by molar-refractivity contribution is -0.146. The second kappa shape index (κ2) is 5.29. The van der Waals surface area contributed by atoms with Crippen LogP contribution in [0, 0.1) is 12.3 Å². The van der Waals surface area contributed by atoms with Gasteiger partial charge in [0.25, 0.3) is 0 Å². The highest BCUT2D eigenvalue weighted by Crippen LogP contribution is 2.32. The summed E-state index contributed by atoms with van der Waals surface area (Å²) >= 11 is 0. The summed E-state index contributed by atoms with van der Waals surface area (Å²) in [6.45, 7) is 5.31. The van der Waals surface area contributed by atoms with E-state index in [1.165, 1.54) is 0 Å². The van der Waals surface area contributed by atoms with Gasteiger partial charge in [-0.15, -0.1) is 0 Å². The third-order valence-electron chi connectivity index (χ3n) is 3.04. The molecule has 0 amide bonds. The summed E-state index contributed by atoms with van der Waals surface area (Å²) in [7, 11) is 3.18. The molecular weight excluding hydrogens is 232 g/mol. The molecule has 18 heavy (non-hydrogen) atoms. The third kappa shape index (κ3) is 2.94. The number of hydrogen-bond donors (Lipinski definition) is 1. The highest BCUT2D eigenvalue weighted by molar-refractivity contribution is 5.74. The molecular formula is C14H20O4. The number of ether oxygens (including phenoxy) is 2. The van der Waals surface area contributed by atoms with E-state index in [1.54, 1.807) is 28.1 Å². The van der Waals surface area contributed by atoms with Crippen LogP contribution in [0.15, 0.2) is 12.1 Å². The molecule has 4 nitrogen and oxygen atoms in total. The molecule has 1 N–H and O–H groups in total. The molecule has 1 rings (SSSR count). The van der Waals surface area contributed by atoms with Crippen LogP contribution in [0.5, 0.6) is 11.5 Å². The van der Waals surface area contributed by atoms with Gasteiger partial charge in [-0.05, 0) is 44.9 Å². The molecule has 0 aliphatic carbocycles. The van der Waals surface area contributed by atoms with Gasteiger partial charge in [0.2, 0.25) is 0 Å². The summed E-state index contributed by atoms with van der Waals surface area (Å²) in [5, 5.41) is 9.15. The van der Waals surface area contributed by atoms with Crippen LogP contribution in [0.1, 0.15) is 25.0 Å². The van der Waals surface area contributed by atoms with Crippen molar-refractivity contribution in [3.63, 3.8) is 0 Å². The second-order valence-electron chi connectivity index (χ2n) is 4.99. The van der Waals surface area contributed by atoms with Crippen molar-refractivity contribution in [1.82, 2.24) is 0 Å². The molecule has 1 aromatic carbocycles. The van der Waals surface area contributed by atoms with Crippen LogP contribution in [0.2, 0.25) is 0 Å². The Morgan fingerprint density at radius 3 is 2.00 bits per heavy atom. The first-order valence-electron chi connectivity index (χ1n) is 5.76. The average Bonchev–Trinajstić information content (AvgIpc) is 2.30. The van der Waals surface area contributed by atoms with Crippen LogP contribution in [0.4, 0.5) is 0 Å². The van der Waals surface area contributed by atoms with Gasteiger partial charge in [-0.3, -0.25) is 4.79 Å².